The van der Waals surface area contributed by atoms with Crippen molar-refractivity contribution in [3.8, 4) is 0 Å². The molecule has 0 spiro atoms. The van der Waals surface area contributed by atoms with Gasteiger partial charge in [0.1, 0.15) is 5.82 Å². The number of rotatable bonds is 4. The van der Waals surface area contributed by atoms with E-state index in [1.165, 1.54) is 0 Å². The Morgan fingerprint density at radius 3 is 1.89 bits per heavy atom. The molecule has 0 saturated carbocycles. The van der Waals surface area contributed by atoms with Crippen molar-refractivity contribution in [2.45, 2.75) is 6.54 Å². The molecule has 0 fully saturated rings. The zero-order valence-electron chi connectivity index (χ0n) is 15.9. The lowest BCUT2D eigenvalue weighted by molar-refractivity contribution is 0.765. The summed E-state index contributed by atoms with van der Waals surface area (Å²) in [5.41, 5.74) is 5.34. The van der Waals surface area contributed by atoms with Gasteiger partial charge in [0, 0.05) is 19.8 Å². The molecule has 2 aromatic heterocycles. The van der Waals surface area contributed by atoms with Crippen molar-refractivity contribution in [1.82, 2.24) is 19.1 Å². The molecule has 138 valence electrons. The monoisotopic (exact) mass is 367 g/mol. The van der Waals surface area contributed by atoms with Gasteiger partial charge in [-0.3, -0.25) is 0 Å². The molecule has 5 nitrogen and oxygen atoms in total. The first-order chi connectivity index (χ1) is 13.7. The minimum atomic E-state index is 0.631. The van der Waals surface area contributed by atoms with Crippen molar-refractivity contribution in [3.05, 3.63) is 84.7 Å². The third-order valence-corrected chi connectivity index (χ3v) is 5.25. The van der Waals surface area contributed by atoms with Crippen LogP contribution in [0.25, 0.3) is 22.1 Å². The lowest BCUT2D eigenvalue weighted by Crippen LogP contribution is -2.22. The predicted molar refractivity (Wildman–Crippen MR) is 114 cm³/mol. The molecular weight excluding hydrogens is 346 g/mol. The minimum absolute atomic E-state index is 0.631. The van der Waals surface area contributed by atoms with E-state index in [9.17, 15) is 0 Å². The van der Waals surface area contributed by atoms with Crippen LogP contribution in [0.2, 0.25) is 0 Å². The van der Waals surface area contributed by atoms with E-state index in [4.69, 9.17) is 9.97 Å². The number of nitrogens with zero attached hydrogens (tertiary/aromatic N) is 5. The molecule has 28 heavy (non-hydrogen) atoms. The molecule has 0 atom stereocenters. The smallest absolute Gasteiger partial charge is 0.211 e. The van der Waals surface area contributed by atoms with Crippen LogP contribution in [0.4, 0.5) is 11.6 Å². The minimum Gasteiger partial charge on any atom is -0.330 e. The number of aromatic nitrogens is 4. The zero-order valence-corrected chi connectivity index (χ0v) is 15.9. The van der Waals surface area contributed by atoms with Crippen LogP contribution in [0.5, 0.6) is 0 Å². The van der Waals surface area contributed by atoms with Gasteiger partial charge in [-0.05, 0) is 36.4 Å². The second kappa shape index (κ2) is 6.53. The average molecular weight is 367 g/mol. The van der Waals surface area contributed by atoms with Crippen LogP contribution in [-0.4, -0.2) is 19.1 Å². The highest BCUT2D eigenvalue weighted by Crippen LogP contribution is 2.29. The summed E-state index contributed by atoms with van der Waals surface area (Å²) in [6.45, 7) is 0.631. The van der Waals surface area contributed by atoms with Gasteiger partial charge in [0.05, 0.1) is 28.6 Å². The molecule has 3 aromatic carbocycles. The van der Waals surface area contributed by atoms with Crippen LogP contribution in [-0.2, 0) is 20.6 Å². The number of fused-ring (bicyclic) bond motifs is 2. The molecule has 0 bridgehead atoms. The highest BCUT2D eigenvalue weighted by molar-refractivity contribution is 5.80. The Bertz CT molecular complexity index is 1270. The second-order valence-corrected chi connectivity index (χ2v) is 6.96. The Balaban J connectivity index is 1.66. The van der Waals surface area contributed by atoms with Crippen molar-refractivity contribution >= 4 is 33.7 Å². The highest BCUT2D eigenvalue weighted by atomic mass is 15.3. The quantitative estimate of drug-likeness (QED) is 0.458. The molecule has 0 radical (unpaired) electrons. The molecule has 0 unspecified atom stereocenters. The first-order valence-electron chi connectivity index (χ1n) is 9.37. The van der Waals surface area contributed by atoms with Crippen molar-refractivity contribution in [1.29, 1.82) is 0 Å². The van der Waals surface area contributed by atoms with Crippen LogP contribution < -0.4 is 4.90 Å². The van der Waals surface area contributed by atoms with Crippen LogP contribution in [0.15, 0.2) is 78.9 Å². The number of para-hydroxylation sites is 5. The summed E-state index contributed by atoms with van der Waals surface area (Å²) in [6, 6.07) is 26.8. The van der Waals surface area contributed by atoms with Gasteiger partial charge in [-0.25, -0.2) is 9.97 Å². The third kappa shape index (κ3) is 2.63. The lowest BCUT2D eigenvalue weighted by atomic mass is 10.3. The zero-order chi connectivity index (χ0) is 19.1. The number of benzene rings is 3. The van der Waals surface area contributed by atoms with Gasteiger partial charge in [-0.15, -0.1) is 0 Å². The first kappa shape index (κ1) is 16.6. The fourth-order valence-corrected chi connectivity index (χ4v) is 3.74. The maximum atomic E-state index is 4.92. The molecule has 0 N–H and O–H groups in total. The van der Waals surface area contributed by atoms with Gasteiger partial charge in [0.2, 0.25) is 5.95 Å². The van der Waals surface area contributed by atoms with Gasteiger partial charge >= 0.3 is 0 Å². The molecular formula is C23H21N5. The van der Waals surface area contributed by atoms with Gasteiger partial charge in [0.15, 0.2) is 0 Å². The molecule has 0 amide bonds. The Hall–Kier alpha value is -3.60. The normalized spacial score (nSPS) is 11.4. The fraction of sp³-hybridized carbons (Fsp3) is 0.130. The Morgan fingerprint density at radius 1 is 0.679 bits per heavy atom. The Labute approximate surface area is 163 Å². The van der Waals surface area contributed by atoms with Gasteiger partial charge in [0.25, 0.3) is 0 Å². The van der Waals surface area contributed by atoms with Crippen molar-refractivity contribution < 1.29 is 0 Å². The average Bonchev–Trinajstić information content (AvgIpc) is 3.24. The largest absolute Gasteiger partial charge is 0.330 e. The molecule has 0 saturated heterocycles. The van der Waals surface area contributed by atoms with E-state index >= 15 is 0 Å². The van der Waals surface area contributed by atoms with E-state index in [2.05, 4.69) is 76.7 Å². The maximum Gasteiger partial charge on any atom is 0.211 e. The van der Waals surface area contributed by atoms with Crippen LogP contribution >= 0.6 is 0 Å². The second-order valence-electron chi connectivity index (χ2n) is 6.96. The van der Waals surface area contributed by atoms with E-state index in [0.717, 1.165) is 39.5 Å². The highest BCUT2D eigenvalue weighted by Gasteiger charge is 2.20. The summed E-state index contributed by atoms with van der Waals surface area (Å²) >= 11 is 0. The molecule has 0 aliphatic heterocycles. The fourth-order valence-electron chi connectivity index (χ4n) is 3.74. The summed E-state index contributed by atoms with van der Waals surface area (Å²) < 4.78 is 4.30. The van der Waals surface area contributed by atoms with E-state index in [1.807, 2.05) is 30.3 Å². The molecule has 0 aliphatic carbocycles. The third-order valence-electron chi connectivity index (χ3n) is 5.25. The summed E-state index contributed by atoms with van der Waals surface area (Å²) in [4.78, 5) is 12.0. The lowest BCUT2D eigenvalue weighted by Gasteiger charge is -2.23. The van der Waals surface area contributed by atoms with Crippen LogP contribution in [0.1, 0.15) is 5.82 Å². The van der Waals surface area contributed by atoms with E-state index in [1.54, 1.807) is 0 Å². The van der Waals surface area contributed by atoms with E-state index < -0.39 is 0 Å². The van der Waals surface area contributed by atoms with E-state index in [-0.39, 0.29) is 0 Å². The van der Waals surface area contributed by atoms with Crippen molar-refractivity contribution in [3.63, 3.8) is 0 Å². The van der Waals surface area contributed by atoms with Gasteiger partial charge in [-0.2, -0.15) is 0 Å². The Morgan fingerprint density at radius 2 is 1.25 bits per heavy atom. The molecule has 0 aliphatic rings. The summed E-state index contributed by atoms with van der Waals surface area (Å²) in [5, 5.41) is 0. The summed E-state index contributed by atoms with van der Waals surface area (Å²) in [5.74, 6) is 1.90. The van der Waals surface area contributed by atoms with Gasteiger partial charge in [-0.1, -0.05) is 42.5 Å². The van der Waals surface area contributed by atoms with Crippen LogP contribution in [0, 0.1) is 0 Å². The van der Waals surface area contributed by atoms with Crippen molar-refractivity contribution in [2.75, 3.05) is 4.90 Å². The molecule has 5 heteroatoms. The summed E-state index contributed by atoms with van der Waals surface area (Å²) in [6.07, 6.45) is 0. The standard InChI is InChI=1S/C23H21N5/c1-26-20-14-8-6-12-18(20)24-22(26)16-28(17-10-4-3-5-11-17)23-25-19-13-7-9-15-21(19)27(23)2/h3-15H,16H2,1-2H3. The van der Waals surface area contributed by atoms with E-state index in [0.29, 0.717) is 6.54 Å². The first-order valence-corrected chi connectivity index (χ1v) is 9.37. The number of hydrogen-bond acceptors (Lipinski definition) is 3. The topological polar surface area (TPSA) is 38.9 Å². The predicted octanol–water partition coefficient (Wildman–Crippen LogP) is 4.80. The molecule has 2 heterocycles. The number of hydrogen-bond donors (Lipinski definition) is 0. The SMILES string of the molecule is Cn1c(CN(c2ccccc2)c2nc3ccccc3n2C)nc2ccccc21. The number of anilines is 2. The number of imidazole rings is 2. The summed E-state index contributed by atoms with van der Waals surface area (Å²) in [7, 11) is 4.14. The molecule has 5 aromatic rings. The Kier molecular flexibility index (Phi) is 3.86. The van der Waals surface area contributed by atoms with Crippen LogP contribution in [0.3, 0.4) is 0 Å². The van der Waals surface area contributed by atoms with Gasteiger partial charge < -0.3 is 14.0 Å². The maximum absolute atomic E-state index is 4.92. The molecule has 5 rings (SSSR count). The van der Waals surface area contributed by atoms with Crippen molar-refractivity contribution in [2.24, 2.45) is 14.1 Å². The number of aryl methyl sites for hydroxylation is 2.